The monoisotopic (exact) mass is 292 g/mol. The summed E-state index contributed by atoms with van der Waals surface area (Å²) >= 11 is 0. The predicted molar refractivity (Wildman–Crippen MR) is 77.2 cm³/mol. The molecule has 0 fully saturated rings. The van der Waals surface area contributed by atoms with E-state index in [-0.39, 0.29) is 6.42 Å². The molecule has 1 atom stereocenters. The Labute approximate surface area is 123 Å². The van der Waals surface area contributed by atoms with Crippen LogP contribution >= 0.6 is 0 Å². The molecule has 0 radical (unpaired) electrons. The van der Waals surface area contributed by atoms with Crippen LogP contribution in [0.4, 0.5) is 8.78 Å². The minimum Gasteiger partial charge on any atom is -0.494 e. The Bertz CT molecular complexity index is 562. The second kappa shape index (κ2) is 7.18. The molecule has 0 amide bonds. The van der Waals surface area contributed by atoms with Crippen molar-refractivity contribution in [3.8, 4) is 5.75 Å². The highest BCUT2D eigenvalue weighted by Gasteiger charge is 2.10. The number of hydrogen-bond acceptors (Lipinski definition) is 2. The Morgan fingerprint density at radius 2 is 1.67 bits per heavy atom. The molecule has 4 heteroatoms. The van der Waals surface area contributed by atoms with Gasteiger partial charge in [0.1, 0.15) is 17.4 Å². The summed E-state index contributed by atoms with van der Waals surface area (Å²) < 4.78 is 31.7. The molecule has 2 rings (SSSR count). The zero-order valence-corrected chi connectivity index (χ0v) is 11.9. The van der Waals surface area contributed by atoms with Gasteiger partial charge in [0.05, 0.1) is 12.7 Å². The normalized spacial score (nSPS) is 12.2. The Balaban J connectivity index is 2.04. The SMILES string of the molecule is CCCOc1ccc(C(O)Cc2cc(F)cc(F)c2)cc1. The minimum atomic E-state index is -0.813. The molecule has 0 heterocycles. The summed E-state index contributed by atoms with van der Waals surface area (Å²) in [6.45, 7) is 2.67. The second-order valence-electron chi connectivity index (χ2n) is 4.92. The first-order valence-electron chi connectivity index (χ1n) is 6.94. The standard InChI is InChI=1S/C17H18F2O2/c1-2-7-21-16-5-3-13(4-6-16)17(20)10-12-8-14(18)11-15(19)9-12/h3-6,8-9,11,17,20H,2,7,10H2,1H3. The fraction of sp³-hybridized carbons (Fsp3) is 0.294. The average Bonchev–Trinajstić information content (AvgIpc) is 2.44. The maximum atomic E-state index is 13.1. The van der Waals surface area contributed by atoms with Crippen LogP contribution in [0.3, 0.4) is 0 Å². The Morgan fingerprint density at radius 3 is 2.24 bits per heavy atom. The molecule has 21 heavy (non-hydrogen) atoms. The Morgan fingerprint density at radius 1 is 1.05 bits per heavy atom. The third-order valence-corrected chi connectivity index (χ3v) is 3.09. The van der Waals surface area contributed by atoms with Crippen molar-refractivity contribution >= 4 is 0 Å². The van der Waals surface area contributed by atoms with Crippen molar-refractivity contribution in [3.05, 3.63) is 65.2 Å². The summed E-state index contributed by atoms with van der Waals surface area (Å²) in [5.41, 5.74) is 1.11. The lowest BCUT2D eigenvalue weighted by atomic mass is 10.0. The van der Waals surface area contributed by atoms with E-state index in [0.717, 1.165) is 18.2 Å². The van der Waals surface area contributed by atoms with Gasteiger partial charge < -0.3 is 9.84 Å². The molecule has 1 N–H and O–H groups in total. The number of hydrogen-bond donors (Lipinski definition) is 1. The first kappa shape index (κ1) is 15.4. The van der Waals surface area contributed by atoms with Crippen LogP contribution in [0, 0.1) is 11.6 Å². The molecule has 0 aromatic heterocycles. The van der Waals surface area contributed by atoms with Crippen LogP contribution in [-0.4, -0.2) is 11.7 Å². The Hall–Kier alpha value is -1.94. The van der Waals surface area contributed by atoms with Gasteiger partial charge in [0.25, 0.3) is 0 Å². The third kappa shape index (κ3) is 4.53. The first-order chi connectivity index (χ1) is 10.1. The van der Waals surface area contributed by atoms with E-state index in [1.165, 1.54) is 12.1 Å². The number of benzene rings is 2. The highest BCUT2D eigenvalue weighted by Crippen LogP contribution is 2.22. The van der Waals surface area contributed by atoms with Gasteiger partial charge in [0.2, 0.25) is 0 Å². The molecule has 1 unspecified atom stereocenters. The summed E-state index contributed by atoms with van der Waals surface area (Å²) in [5.74, 6) is -0.536. The van der Waals surface area contributed by atoms with Crippen LogP contribution in [0.1, 0.15) is 30.6 Å². The molecule has 0 saturated heterocycles. The highest BCUT2D eigenvalue weighted by molar-refractivity contribution is 5.30. The molecule has 112 valence electrons. The summed E-state index contributed by atoms with van der Waals surface area (Å²) in [7, 11) is 0. The quantitative estimate of drug-likeness (QED) is 0.871. The van der Waals surface area contributed by atoms with Crippen molar-refractivity contribution in [2.24, 2.45) is 0 Å². The van der Waals surface area contributed by atoms with Gasteiger partial charge in [-0.25, -0.2) is 8.78 Å². The largest absolute Gasteiger partial charge is 0.494 e. The molecule has 0 aliphatic carbocycles. The van der Waals surface area contributed by atoms with E-state index in [0.29, 0.717) is 17.7 Å². The van der Waals surface area contributed by atoms with E-state index in [1.54, 1.807) is 24.3 Å². The van der Waals surface area contributed by atoms with Gasteiger partial charge in [-0.05, 0) is 41.8 Å². The number of halogens is 2. The van der Waals surface area contributed by atoms with Crippen LogP contribution in [-0.2, 0) is 6.42 Å². The van der Waals surface area contributed by atoms with Crippen molar-refractivity contribution in [3.63, 3.8) is 0 Å². The molecule has 2 nitrogen and oxygen atoms in total. The van der Waals surface area contributed by atoms with Crippen molar-refractivity contribution in [1.29, 1.82) is 0 Å². The molecule has 0 saturated carbocycles. The average molecular weight is 292 g/mol. The molecule has 2 aromatic rings. The second-order valence-corrected chi connectivity index (χ2v) is 4.92. The summed E-state index contributed by atoms with van der Waals surface area (Å²) in [5, 5.41) is 10.1. The van der Waals surface area contributed by atoms with Gasteiger partial charge in [-0.1, -0.05) is 19.1 Å². The lowest BCUT2D eigenvalue weighted by Crippen LogP contribution is -2.03. The van der Waals surface area contributed by atoms with Crippen molar-refractivity contribution in [1.82, 2.24) is 0 Å². The van der Waals surface area contributed by atoms with Gasteiger partial charge in [-0.3, -0.25) is 0 Å². The molecule has 0 aliphatic heterocycles. The fourth-order valence-electron chi connectivity index (χ4n) is 2.08. The first-order valence-corrected chi connectivity index (χ1v) is 6.94. The van der Waals surface area contributed by atoms with E-state index in [1.807, 2.05) is 6.92 Å². The molecule has 0 spiro atoms. The van der Waals surface area contributed by atoms with E-state index < -0.39 is 17.7 Å². The van der Waals surface area contributed by atoms with Gasteiger partial charge in [-0.15, -0.1) is 0 Å². The molecule has 0 aliphatic rings. The van der Waals surface area contributed by atoms with Crippen LogP contribution in [0.25, 0.3) is 0 Å². The number of ether oxygens (including phenoxy) is 1. The van der Waals surface area contributed by atoms with E-state index >= 15 is 0 Å². The molecular formula is C17H18F2O2. The lowest BCUT2D eigenvalue weighted by Gasteiger charge is -2.12. The topological polar surface area (TPSA) is 29.5 Å². The van der Waals surface area contributed by atoms with Crippen LogP contribution in [0.2, 0.25) is 0 Å². The maximum Gasteiger partial charge on any atom is 0.126 e. The smallest absolute Gasteiger partial charge is 0.126 e. The fourth-order valence-corrected chi connectivity index (χ4v) is 2.08. The van der Waals surface area contributed by atoms with Gasteiger partial charge in [0, 0.05) is 12.5 Å². The van der Waals surface area contributed by atoms with Crippen LogP contribution in [0.5, 0.6) is 5.75 Å². The van der Waals surface area contributed by atoms with E-state index in [9.17, 15) is 13.9 Å². The van der Waals surface area contributed by atoms with Crippen molar-refractivity contribution in [2.45, 2.75) is 25.9 Å². The summed E-state index contributed by atoms with van der Waals surface area (Å²) in [6.07, 6.45) is 0.269. The van der Waals surface area contributed by atoms with Crippen LogP contribution in [0.15, 0.2) is 42.5 Å². The zero-order valence-electron chi connectivity index (χ0n) is 11.9. The van der Waals surface area contributed by atoms with Crippen molar-refractivity contribution in [2.75, 3.05) is 6.61 Å². The number of aliphatic hydroxyl groups excluding tert-OH is 1. The van der Waals surface area contributed by atoms with Gasteiger partial charge in [0.15, 0.2) is 0 Å². The number of aliphatic hydroxyl groups is 1. The zero-order chi connectivity index (χ0) is 15.2. The van der Waals surface area contributed by atoms with Gasteiger partial charge in [-0.2, -0.15) is 0 Å². The van der Waals surface area contributed by atoms with Gasteiger partial charge >= 0.3 is 0 Å². The van der Waals surface area contributed by atoms with Crippen LogP contribution < -0.4 is 4.74 Å². The highest BCUT2D eigenvalue weighted by atomic mass is 19.1. The molecular weight excluding hydrogens is 274 g/mol. The number of rotatable bonds is 6. The minimum absolute atomic E-state index is 0.157. The Kier molecular flexibility index (Phi) is 5.28. The predicted octanol–water partition coefficient (Wildman–Crippen LogP) is 4.03. The van der Waals surface area contributed by atoms with E-state index in [2.05, 4.69) is 0 Å². The summed E-state index contributed by atoms with van der Waals surface area (Å²) in [6, 6.07) is 10.3. The van der Waals surface area contributed by atoms with Crippen molar-refractivity contribution < 1.29 is 18.6 Å². The summed E-state index contributed by atoms with van der Waals surface area (Å²) in [4.78, 5) is 0. The van der Waals surface area contributed by atoms with E-state index in [4.69, 9.17) is 4.74 Å². The maximum absolute atomic E-state index is 13.1. The molecule has 0 bridgehead atoms. The molecule has 2 aromatic carbocycles. The lowest BCUT2D eigenvalue weighted by molar-refractivity contribution is 0.178. The third-order valence-electron chi connectivity index (χ3n) is 3.09.